The van der Waals surface area contributed by atoms with Crippen LogP contribution in [0.1, 0.15) is 32.8 Å². The Morgan fingerprint density at radius 1 is 1.43 bits per heavy atom. The van der Waals surface area contributed by atoms with E-state index in [1.165, 1.54) is 6.07 Å². The van der Waals surface area contributed by atoms with Gasteiger partial charge >= 0.3 is 0 Å². The summed E-state index contributed by atoms with van der Waals surface area (Å²) < 4.78 is 0. The Morgan fingerprint density at radius 3 is 2.52 bits per heavy atom. The highest BCUT2D eigenvalue weighted by molar-refractivity contribution is 5.93. The molecule has 0 heterocycles. The molecule has 6 nitrogen and oxygen atoms in total. The summed E-state index contributed by atoms with van der Waals surface area (Å²) in [5, 5.41) is 13.6. The van der Waals surface area contributed by atoms with Crippen LogP contribution in [0.3, 0.4) is 0 Å². The van der Waals surface area contributed by atoms with Gasteiger partial charge in [-0.25, -0.2) is 0 Å². The van der Waals surface area contributed by atoms with Gasteiger partial charge in [0.25, 0.3) is 5.69 Å². The van der Waals surface area contributed by atoms with Gasteiger partial charge < -0.3 is 11.1 Å². The van der Waals surface area contributed by atoms with Gasteiger partial charge in [-0.3, -0.25) is 14.9 Å². The van der Waals surface area contributed by atoms with E-state index in [1.54, 1.807) is 19.1 Å². The number of hydrogen-bond donors (Lipinski definition) is 2. The van der Waals surface area contributed by atoms with E-state index >= 15 is 0 Å². The number of carbonyl (C=O) groups excluding carboxylic acids is 1. The molecule has 1 rings (SSSR count). The molecule has 0 fully saturated rings. The minimum absolute atomic E-state index is 0.00656. The Balaban J connectivity index is 2.87. The molecule has 1 amide bonds. The number of nitrogens with zero attached hydrogens (tertiary/aromatic N) is 1. The number of nitro benzene ring substituents is 1. The van der Waals surface area contributed by atoms with E-state index in [0.29, 0.717) is 17.7 Å². The van der Waals surface area contributed by atoms with Crippen molar-refractivity contribution < 1.29 is 9.72 Å². The highest BCUT2D eigenvalue weighted by Crippen LogP contribution is 2.26. The van der Waals surface area contributed by atoms with Crippen LogP contribution in [-0.4, -0.2) is 17.4 Å². The van der Waals surface area contributed by atoms with Gasteiger partial charge in [0, 0.05) is 23.9 Å². The van der Waals surface area contributed by atoms with Crippen molar-refractivity contribution in [3.8, 4) is 0 Å². The van der Waals surface area contributed by atoms with Gasteiger partial charge in [0.1, 0.15) is 0 Å². The number of anilines is 1. The van der Waals surface area contributed by atoms with E-state index in [2.05, 4.69) is 5.32 Å². The summed E-state index contributed by atoms with van der Waals surface area (Å²) in [6.45, 7) is 8.03. The van der Waals surface area contributed by atoms with E-state index < -0.39 is 4.92 Å². The number of rotatable bonds is 5. The lowest BCUT2D eigenvalue weighted by Gasteiger charge is -2.24. The zero-order valence-corrected chi connectivity index (χ0v) is 13.0. The van der Waals surface area contributed by atoms with E-state index in [-0.39, 0.29) is 29.5 Å². The van der Waals surface area contributed by atoms with Crippen LogP contribution in [-0.2, 0) is 4.79 Å². The van der Waals surface area contributed by atoms with Crippen LogP contribution in [0.2, 0.25) is 0 Å². The van der Waals surface area contributed by atoms with Crippen LogP contribution in [0.15, 0.2) is 18.2 Å². The summed E-state index contributed by atoms with van der Waals surface area (Å²) in [7, 11) is 0. The molecule has 116 valence electrons. The summed E-state index contributed by atoms with van der Waals surface area (Å²) in [5.74, 6) is -0.518. The highest BCUT2D eigenvalue weighted by atomic mass is 16.6. The quantitative estimate of drug-likeness (QED) is 0.644. The SMILES string of the molecule is Cc1ccc(NC(=O)C(CN)CC(C)(C)C)cc1[N+](=O)[O-]. The minimum atomic E-state index is -0.458. The first-order chi connectivity index (χ1) is 9.64. The second-order valence-corrected chi connectivity index (χ2v) is 6.45. The van der Waals surface area contributed by atoms with E-state index in [1.807, 2.05) is 20.8 Å². The Kier molecular flexibility index (Phi) is 5.43. The predicted octanol–water partition coefficient (Wildman–Crippen LogP) is 2.85. The number of nitrogens with one attached hydrogen (secondary N) is 1. The Hall–Kier alpha value is -1.95. The largest absolute Gasteiger partial charge is 0.330 e. The Bertz CT molecular complexity index is 535. The molecule has 0 bridgehead atoms. The standard InChI is InChI=1S/C15H23N3O3/c1-10-5-6-12(7-13(10)18(20)21)17-14(19)11(9-16)8-15(2,3)4/h5-7,11H,8-9,16H2,1-4H3,(H,17,19). The Labute approximate surface area is 124 Å². The predicted molar refractivity (Wildman–Crippen MR) is 83.1 cm³/mol. The van der Waals surface area contributed by atoms with Crippen molar-refractivity contribution in [2.24, 2.45) is 17.1 Å². The molecule has 0 aromatic heterocycles. The lowest BCUT2D eigenvalue weighted by atomic mass is 9.84. The first-order valence-electron chi connectivity index (χ1n) is 6.90. The lowest BCUT2D eigenvalue weighted by molar-refractivity contribution is -0.385. The first kappa shape index (κ1) is 17.1. The molecule has 1 aromatic rings. The van der Waals surface area contributed by atoms with Crippen LogP contribution in [0.25, 0.3) is 0 Å². The van der Waals surface area contributed by atoms with Gasteiger partial charge in [-0.1, -0.05) is 26.8 Å². The molecule has 0 saturated heterocycles. The number of aryl methyl sites for hydroxylation is 1. The summed E-state index contributed by atoms with van der Waals surface area (Å²) in [5.41, 5.74) is 6.63. The molecule has 1 aromatic carbocycles. The van der Waals surface area contributed by atoms with Crippen LogP contribution >= 0.6 is 0 Å². The van der Waals surface area contributed by atoms with Crippen molar-refractivity contribution in [2.45, 2.75) is 34.1 Å². The van der Waals surface area contributed by atoms with E-state index in [9.17, 15) is 14.9 Å². The van der Waals surface area contributed by atoms with E-state index in [0.717, 1.165) is 0 Å². The fourth-order valence-electron chi connectivity index (χ4n) is 2.15. The zero-order valence-electron chi connectivity index (χ0n) is 13.0. The van der Waals surface area contributed by atoms with Crippen molar-refractivity contribution in [1.29, 1.82) is 0 Å². The summed E-state index contributed by atoms with van der Waals surface area (Å²) in [4.78, 5) is 22.7. The van der Waals surface area contributed by atoms with Crippen LogP contribution < -0.4 is 11.1 Å². The fourth-order valence-corrected chi connectivity index (χ4v) is 2.15. The van der Waals surface area contributed by atoms with Crippen molar-refractivity contribution in [3.63, 3.8) is 0 Å². The topological polar surface area (TPSA) is 98.3 Å². The highest BCUT2D eigenvalue weighted by Gasteiger charge is 2.24. The summed E-state index contributed by atoms with van der Waals surface area (Å²) in [6, 6.07) is 4.65. The molecule has 6 heteroatoms. The first-order valence-corrected chi connectivity index (χ1v) is 6.90. The maximum atomic E-state index is 12.2. The van der Waals surface area contributed by atoms with Crippen LogP contribution in [0, 0.1) is 28.4 Å². The molecule has 0 spiro atoms. The van der Waals surface area contributed by atoms with Gasteiger partial charge in [0.2, 0.25) is 5.91 Å². The molecule has 0 aliphatic heterocycles. The minimum Gasteiger partial charge on any atom is -0.330 e. The number of benzene rings is 1. The third-order valence-corrected chi connectivity index (χ3v) is 3.19. The summed E-state index contributed by atoms with van der Waals surface area (Å²) in [6.07, 6.45) is 0.656. The van der Waals surface area contributed by atoms with Crippen LogP contribution in [0.4, 0.5) is 11.4 Å². The molecule has 21 heavy (non-hydrogen) atoms. The normalized spacial score (nSPS) is 12.8. The van der Waals surface area contributed by atoms with Gasteiger partial charge in [-0.05, 0) is 24.8 Å². The molecule has 0 aliphatic carbocycles. The number of carbonyl (C=O) groups is 1. The molecule has 0 saturated carbocycles. The monoisotopic (exact) mass is 293 g/mol. The van der Waals surface area contributed by atoms with Crippen molar-refractivity contribution >= 4 is 17.3 Å². The zero-order chi connectivity index (χ0) is 16.2. The smallest absolute Gasteiger partial charge is 0.274 e. The van der Waals surface area contributed by atoms with Crippen molar-refractivity contribution in [2.75, 3.05) is 11.9 Å². The average molecular weight is 293 g/mol. The molecule has 1 atom stereocenters. The number of nitro groups is 1. The van der Waals surface area contributed by atoms with Crippen molar-refractivity contribution in [1.82, 2.24) is 0 Å². The van der Waals surface area contributed by atoms with E-state index in [4.69, 9.17) is 5.73 Å². The number of hydrogen-bond acceptors (Lipinski definition) is 4. The molecular weight excluding hydrogens is 270 g/mol. The van der Waals surface area contributed by atoms with Gasteiger partial charge in [-0.15, -0.1) is 0 Å². The summed E-state index contributed by atoms with van der Waals surface area (Å²) >= 11 is 0. The van der Waals surface area contributed by atoms with Gasteiger partial charge in [-0.2, -0.15) is 0 Å². The maximum Gasteiger partial charge on any atom is 0.274 e. The lowest BCUT2D eigenvalue weighted by Crippen LogP contribution is -2.32. The number of nitrogens with two attached hydrogens (primary N) is 1. The molecule has 3 N–H and O–H groups in total. The molecular formula is C15H23N3O3. The molecule has 0 aliphatic rings. The third-order valence-electron chi connectivity index (χ3n) is 3.19. The second kappa shape index (κ2) is 6.67. The molecule has 1 unspecified atom stereocenters. The van der Waals surface area contributed by atoms with Crippen molar-refractivity contribution in [3.05, 3.63) is 33.9 Å². The average Bonchev–Trinajstić information content (AvgIpc) is 2.36. The molecule has 0 radical (unpaired) electrons. The fraction of sp³-hybridized carbons (Fsp3) is 0.533. The van der Waals surface area contributed by atoms with Crippen LogP contribution in [0.5, 0.6) is 0 Å². The van der Waals surface area contributed by atoms with Gasteiger partial charge in [0.05, 0.1) is 10.8 Å². The van der Waals surface area contributed by atoms with Gasteiger partial charge in [0.15, 0.2) is 0 Å². The Morgan fingerprint density at radius 2 is 2.05 bits per heavy atom. The second-order valence-electron chi connectivity index (χ2n) is 6.45. The number of amides is 1. The third kappa shape index (κ3) is 5.15. The maximum absolute atomic E-state index is 12.2.